The summed E-state index contributed by atoms with van der Waals surface area (Å²) in [5.74, 6) is 1.02. The fraction of sp³-hybridized carbons (Fsp3) is 0.273. The molecule has 8 heteroatoms. The lowest BCUT2D eigenvalue weighted by atomic mass is 10.1. The first-order valence-corrected chi connectivity index (χ1v) is 11.0. The minimum atomic E-state index is -0.0555. The standard InChI is InChI=1S/C22H23ClN4O2S/c1-15-5-7-17(8-6-15)20(29)14-30-22-26-25-21(4-3-13-24-16(2)28)27(22)19-11-9-18(23)10-12-19/h5-12H,3-4,13-14H2,1-2H3,(H,24,28). The molecule has 3 aromatic rings. The number of rotatable bonds is 9. The minimum Gasteiger partial charge on any atom is -0.356 e. The molecule has 0 spiro atoms. The third-order valence-electron chi connectivity index (χ3n) is 4.44. The molecule has 1 N–H and O–H groups in total. The van der Waals surface area contributed by atoms with Crippen LogP contribution in [-0.4, -0.2) is 38.8 Å². The van der Waals surface area contributed by atoms with E-state index in [-0.39, 0.29) is 17.4 Å². The smallest absolute Gasteiger partial charge is 0.216 e. The van der Waals surface area contributed by atoms with Gasteiger partial charge in [-0.25, -0.2) is 0 Å². The highest BCUT2D eigenvalue weighted by Gasteiger charge is 2.16. The van der Waals surface area contributed by atoms with Crippen LogP contribution in [0.1, 0.15) is 35.1 Å². The first kappa shape index (κ1) is 22.1. The van der Waals surface area contributed by atoms with E-state index in [0.717, 1.165) is 23.5 Å². The van der Waals surface area contributed by atoms with Crippen molar-refractivity contribution in [1.29, 1.82) is 0 Å². The van der Waals surface area contributed by atoms with Crippen LogP contribution in [0.4, 0.5) is 0 Å². The molecule has 2 aromatic carbocycles. The number of nitrogens with zero attached hydrogens (tertiary/aromatic N) is 3. The van der Waals surface area contributed by atoms with Gasteiger partial charge in [0.25, 0.3) is 0 Å². The van der Waals surface area contributed by atoms with Crippen molar-refractivity contribution in [3.63, 3.8) is 0 Å². The monoisotopic (exact) mass is 442 g/mol. The van der Waals surface area contributed by atoms with E-state index < -0.39 is 0 Å². The van der Waals surface area contributed by atoms with E-state index in [1.807, 2.05) is 60.0 Å². The van der Waals surface area contributed by atoms with Gasteiger partial charge in [-0.05, 0) is 37.6 Å². The van der Waals surface area contributed by atoms with Crippen LogP contribution in [-0.2, 0) is 11.2 Å². The zero-order chi connectivity index (χ0) is 21.5. The number of thioether (sulfide) groups is 1. The Balaban J connectivity index is 1.77. The summed E-state index contributed by atoms with van der Waals surface area (Å²) in [5, 5.41) is 12.7. The Morgan fingerprint density at radius 3 is 2.43 bits per heavy atom. The van der Waals surface area contributed by atoms with Gasteiger partial charge >= 0.3 is 0 Å². The van der Waals surface area contributed by atoms with Gasteiger partial charge in [-0.2, -0.15) is 0 Å². The summed E-state index contributed by atoms with van der Waals surface area (Å²) in [4.78, 5) is 23.6. The Morgan fingerprint density at radius 1 is 1.07 bits per heavy atom. The maximum absolute atomic E-state index is 12.6. The van der Waals surface area contributed by atoms with Crippen LogP contribution < -0.4 is 5.32 Å². The second kappa shape index (κ2) is 10.4. The number of Topliss-reactive ketones (excluding diaryl/α,β-unsaturated/α-hetero) is 1. The van der Waals surface area contributed by atoms with E-state index in [1.165, 1.54) is 18.7 Å². The highest BCUT2D eigenvalue weighted by atomic mass is 35.5. The van der Waals surface area contributed by atoms with Crippen LogP contribution in [0.2, 0.25) is 5.02 Å². The predicted molar refractivity (Wildman–Crippen MR) is 120 cm³/mol. The van der Waals surface area contributed by atoms with Crippen molar-refractivity contribution in [2.24, 2.45) is 0 Å². The zero-order valence-corrected chi connectivity index (χ0v) is 18.5. The number of hydrogen-bond acceptors (Lipinski definition) is 5. The van der Waals surface area contributed by atoms with Crippen molar-refractivity contribution in [3.8, 4) is 5.69 Å². The number of ketones is 1. The molecule has 0 fully saturated rings. The number of amides is 1. The van der Waals surface area contributed by atoms with E-state index in [9.17, 15) is 9.59 Å². The van der Waals surface area contributed by atoms with Crippen molar-refractivity contribution in [1.82, 2.24) is 20.1 Å². The van der Waals surface area contributed by atoms with Gasteiger partial charge in [0.15, 0.2) is 10.9 Å². The van der Waals surface area contributed by atoms with Crippen LogP contribution in [0.5, 0.6) is 0 Å². The Bertz CT molecular complexity index is 1020. The third kappa shape index (κ3) is 5.93. The maximum Gasteiger partial charge on any atom is 0.216 e. The molecule has 1 heterocycles. The molecule has 0 unspecified atom stereocenters. The van der Waals surface area contributed by atoms with E-state index in [0.29, 0.717) is 28.7 Å². The van der Waals surface area contributed by atoms with Crippen molar-refractivity contribution in [2.75, 3.05) is 12.3 Å². The molecule has 6 nitrogen and oxygen atoms in total. The SMILES string of the molecule is CC(=O)NCCCc1nnc(SCC(=O)c2ccc(C)cc2)n1-c1ccc(Cl)cc1. The molecule has 0 saturated heterocycles. The van der Waals surface area contributed by atoms with Crippen LogP contribution in [0.25, 0.3) is 5.69 Å². The largest absolute Gasteiger partial charge is 0.356 e. The van der Waals surface area contributed by atoms with Crippen molar-refractivity contribution in [3.05, 3.63) is 70.5 Å². The Kier molecular flexibility index (Phi) is 7.65. The Labute approximate surface area is 185 Å². The number of carbonyl (C=O) groups is 2. The molecule has 0 atom stereocenters. The number of hydrogen-bond donors (Lipinski definition) is 1. The molecule has 30 heavy (non-hydrogen) atoms. The van der Waals surface area contributed by atoms with Gasteiger partial charge in [0.2, 0.25) is 5.91 Å². The summed E-state index contributed by atoms with van der Waals surface area (Å²) in [6.45, 7) is 4.05. The molecule has 0 aliphatic heterocycles. The average Bonchev–Trinajstić information content (AvgIpc) is 3.13. The fourth-order valence-electron chi connectivity index (χ4n) is 2.87. The quantitative estimate of drug-likeness (QED) is 0.304. The lowest BCUT2D eigenvalue weighted by Crippen LogP contribution is -2.21. The maximum atomic E-state index is 12.6. The summed E-state index contributed by atoms with van der Waals surface area (Å²) >= 11 is 7.39. The Hall–Kier alpha value is -2.64. The van der Waals surface area contributed by atoms with Crippen molar-refractivity contribution in [2.45, 2.75) is 31.8 Å². The zero-order valence-electron chi connectivity index (χ0n) is 16.9. The van der Waals surface area contributed by atoms with E-state index in [4.69, 9.17) is 11.6 Å². The number of halogens is 1. The molecule has 0 aliphatic rings. The van der Waals surface area contributed by atoms with Gasteiger partial charge in [0.05, 0.1) is 5.75 Å². The first-order chi connectivity index (χ1) is 14.4. The van der Waals surface area contributed by atoms with Gasteiger partial charge in [0, 0.05) is 36.2 Å². The second-order valence-corrected chi connectivity index (χ2v) is 8.25. The van der Waals surface area contributed by atoms with Gasteiger partial charge in [-0.15, -0.1) is 10.2 Å². The lowest BCUT2D eigenvalue weighted by molar-refractivity contribution is -0.118. The lowest BCUT2D eigenvalue weighted by Gasteiger charge is -2.10. The normalized spacial score (nSPS) is 10.8. The van der Waals surface area contributed by atoms with Crippen molar-refractivity contribution >= 4 is 35.1 Å². The minimum absolute atomic E-state index is 0.0397. The first-order valence-electron chi connectivity index (χ1n) is 9.61. The van der Waals surface area contributed by atoms with Crippen LogP contribution in [0.15, 0.2) is 53.7 Å². The van der Waals surface area contributed by atoms with Crippen LogP contribution in [0, 0.1) is 6.92 Å². The summed E-state index contributed by atoms with van der Waals surface area (Å²) in [7, 11) is 0. The third-order valence-corrected chi connectivity index (χ3v) is 5.62. The molecule has 3 rings (SSSR count). The summed E-state index contributed by atoms with van der Waals surface area (Å²) in [6, 6.07) is 15.0. The number of nitrogens with one attached hydrogen (secondary N) is 1. The van der Waals surface area contributed by atoms with Gasteiger partial charge in [-0.3, -0.25) is 14.2 Å². The molecule has 0 bridgehead atoms. The molecule has 0 radical (unpaired) electrons. The number of benzene rings is 2. The second-order valence-electron chi connectivity index (χ2n) is 6.88. The van der Waals surface area contributed by atoms with Crippen LogP contribution >= 0.6 is 23.4 Å². The molecule has 1 amide bonds. The number of aryl methyl sites for hydroxylation is 2. The summed E-state index contributed by atoms with van der Waals surface area (Å²) < 4.78 is 1.94. The summed E-state index contributed by atoms with van der Waals surface area (Å²) in [5.41, 5.74) is 2.68. The Morgan fingerprint density at radius 2 is 1.77 bits per heavy atom. The van der Waals surface area contributed by atoms with Crippen LogP contribution in [0.3, 0.4) is 0 Å². The predicted octanol–water partition coefficient (Wildman–Crippen LogP) is 4.27. The molecule has 0 aliphatic carbocycles. The van der Waals surface area contributed by atoms with E-state index in [1.54, 1.807) is 0 Å². The molecular formula is C22H23ClN4O2S. The van der Waals surface area contributed by atoms with Gasteiger partial charge < -0.3 is 5.32 Å². The van der Waals surface area contributed by atoms with E-state index >= 15 is 0 Å². The topological polar surface area (TPSA) is 76.9 Å². The fourth-order valence-corrected chi connectivity index (χ4v) is 3.86. The van der Waals surface area contributed by atoms with E-state index in [2.05, 4.69) is 15.5 Å². The molecule has 0 saturated carbocycles. The number of aromatic nitrogens is 3. The molecule has 1 aromatic heterocycles. The van der Waals surface area contributed by atoms with Gasteiger partial charge in [0.1, 0.15) is 5.82 Å². The highest BCUT2D eigenvalue weighted by Crippen LogP contribution is 2.24. The molecular weight excluding hydrogens is 420 g/mol. The average molecular weight is 443 g/mol. The number of carbonyl (C=O) groups excluding carboxylic acids is 2. The van der Waals surface area contributed by atoms with Gasteiger partial charge in [-0.1, -0.05) is 53.2 Å². The molecule has 156 valence electrons. The highest BCUT2D eigenvalue weighted by molar-refractivity contribution is 7.99. The van der Waals surface area contributed by atoms with Crippen molar-refractivity contribution < 1.29 is 9.59 Å². The summed E-state index contributed by atoms with van der Waals surface area (Å²) in [6.07, 6.45) is 1.38.